The lowest BCUT2D eigenvalue weighted by molar-refractivity contribution is -0.120. The minimum absolute atomic E-state index is 0.160. The maximum atomic E-state index is 11.9. The molecule has 0 bridgehead atoms. The van der Waals surface area contributed by atoms with E-state index in [9.17, 15) is 13.2 Å². The van der Waals surface area contributed by atoms with E-state index in [2.05, 4.69) is 23.9 Å². The molecule has 0 unspecified atom stereocenters. The number of amides is 1. The van der Waals surface area contributed by atoms with Gasteiger partial charge < -0.3 is 5.32 Å². The predicted molar refractivity (Wildman–Crippen MR) is 78.7 cm³/mol. The van der Waals surface area contributed by atoms with Gasteiger partial charge in [-0.05, 0) is 18.1 Å². The number of rotatable bonds is 8. The summed E-state index contributed by atoms with van der Waals surface area (Å²) in [6.45, 7) is 4.48. The Balaban J connectivity index is 2.45. The highest BCUT2D eigenvalue weighted by atomic mass is 32.2. The van der Waals surface area contributed by atoms with Crippen molar-refractivity contribution in [1.29, 1.82) is 0 Å². The maximum absolute atomic E-state index is 11.9. The van der Waals surface area contributed by atoms with Crippen LogP contribution in [0, 0.1) is 5.92 Å². The summed E-state index contributed by atoms with van der Waals surface area (Å²) in [6, 6.07) is 8.00. The minimum Gasteiger partial charge on any atom is -0.355 e. The van der Waals surface area contributed by atoms with E-state index in [0.29, 0.717) is 12.5 Å². The Labute approximate surface area is 120 Å². The molecule has 5 nitrogen and oxygen atoms in total. The van der Waals surface area contributed by atoms with Crippen LogP contribution in [-0.2, 0) is 14.8 Å². The van der Waals surface area contributed by atoms with Gasteiger partial charge in [0.2, 0.25) is 15.9 Å². The van der Waals surface area contributed by atoms with Gasteiger partial charge in [-0.3, -0.25) is 4.79 Å². The smallest absolute Gasteiger partial charge is 0.241 e. The van der Waals surface area contributed by atoms with Crippen molar-refractivity contribution in [2.45, 2.75) is 31.6 Å². The molecule has 112 valence electrons. The summed E-state index contributed by atoms with van der Waals surface area (Å²) < 4.78 is 26.1. The molecule has 0 heterocycles. The van der Waals surface area contributed by atoms with Gasteiger partial charge in [-0.15, -0.1) is 0 Å². The Kier molecular flexibility index (Phi) is 6.67. The van der Waals surface area contributed by atoms with Crippen molar-refractivity contribution in [2.75, 3.05) is 13.1 Å². The first-order valence-electron chi connectivity index (χ1n) is 6.81. The third-order valence-corrected chi connectivity index (χ3v) is 4.64. The summed E-state index contributed by atoms with van der Waals surface area (Å²) in [6.07, 6.45) is 1.99. The topological polar surface area (TPSA) is 75.3 Å². The lowest BCUT2D eigenvalue weighted by atomic mass is 10.0. The van der Waals surface area contributed by atoms with Gasteiger partial charge in [0.15, 0.2) is 0 Å². The van der Waals surface area contributed by atoms with Crippen LogP contribution in [0.1, 0.15) is 26.7 Å². The number of nitrogens with one attached hydrogen (secondary N) is 2. The normalized spacial score (nSPS) is 11.6. The zero-order chi connectivity index (χ0) is 15.0. The monoisotopic (exact) mass is 298 g/mol. The Hall–Kier alpha value is -1.40. The first kappa shape index (κ1) is 16.7. The molecule has 0 aliphatic carbocycles. The van der Waals surface area contributed by atoms with Gasteiger partial charge in [-0.1, -0.05) is 44.9 Å². The van der Waals surface area contributed by atoms with E-state index in [1.807, 2.05) is 0 Å². The summed E-state index contributed by atoms with van der Waals surface area (Å²) in [7, 11) is -3.62. The molecule has 0 atom stereocenters. The second-order valence-electron chi connectivity index (χ2n) is 4.62. The van der Waals surface area contributed by atoms with E-state index in [4.69, 9.17) is 0 Å². The number of carbonyl (C=O) groups excluding carboxylic acids is 1. The summed E-state index contributed by atoms with van der Waals surface area (Å²) in [5.41, 5.74) is 0. The molecule has 0 radical (unpaired) electrons. The lowest BCUT2D eigenvalue weighted by Gasteiger charge is -2.13. The van der Waals surface area contributed by atoms with Crippen molar-refractivity contribution < 1.29 is 13.2 Å². The number of sulfonamides is 1. The van der Waals surface area contributed by atoms with Crippen molar-refractivity contribution >= 4 is 15.9 Å². The van der Waals surface area contributed by atoms with Crippen molar-refractivity contribution in [3.63, 3.8) is 0 Å². The summed E-state index contributed by atoms with van der Waals surface area (Å²) in [5, 5.41) is 2.74. The summed E-state index contributed by atoms with van der Waals surface area (Å²) >= 11 is 0. The zero-order valence-electron chi connectivity index (χ0n) is 11.9. The number of carbonyl (C=O) groups is 1. The number of benzene rings is 1. The van der Waals surface area contributed by atoms with E-state index in [-0.39, 0.29) is 17.3 Å². The first-order chi connectivity index (χ1) is 9.49. The average Bonchev–Trinajstić information content (AvgIpc) is 2.47. The first-order valence-corrected chi connectivity index (χ1v) is 8.29. The fraction of sp³-hybridized carbons (Fsp3) is 0.500. The van der Waals surface area contributed by atoms with Crippen LogP contribution in [0.5, 0.6) is 0 Å². The van der Waals surface area contributed by atoms with Crippen molar-refractivity contribution in [2.24, 2.45) is 5.92 Å². The van der Waals surface area contributed by atoms with Gasteiger partial charge in [0.05, 0.1) is 11.4 Å². The molecule has 1 aromatic rings. The van der Waals surface area contributed by atoms with E-state index < -0.39 is 10.0 Å². The molecule has 0 aliphatic rings. The van der Waals surface area contributed by atoms with E-state index in [0.717, 1.165) is 12.8 Å². The molecule has 1 aromatic carbocycles. The van der Waals surface area contributed by atoms with Crippen LogP contribution in [0.15, 0.2) is 35.2 Å². The van der Waals surface area contributed by atoms with Crippen molar-refractivity contribution in [1.82, 2.24) is 10.0 Å². The molecule has 6 heteroatoms. The van der Waals surface area contributed by atoms with E-state index in [1.54, 1.807) is 18.2 Å². The Morgan fingerprint density at radius 1 is 1.15 bits per heavy atom. The highest BCUT2D eigenvalue weighted by Gasteiger charge is 2.15. The molecule has 2 N–H and O–H groups in total. The molecular formula is C14H22N2O3S. The SMILES string of the molecule is CCC(CC)CNC(=O)CNS(=O)(=O)c1ccccc1. The van der Waals surface area contributed by atoms with E-state index in [1.165, 1.54) is 12.1 Å². The second kappa shape index (κ2) is 8.01. The number of hydrogen-bond acceptors (Lipinski definition) is 3. The molecule has 0 aromatic heterocycles. The van der Waals surface area contributed by atoms with Crippen molar-refractivity contribution in [3.05, 3.63) is 30.3 Å². The van der Waals surface area contributed by atoms with Crippen LogP contribution in [0.25, 0.3) is 0 Å². The van der Waals surface area contributed by atoms with Crippen LogP contribution < -0.4 is 10.0 Å². The standard InChI is InChI=1S/C14H22N2O3S/c1-3-12(4-2)10-15-14(17)11-16-20(18,19)13-8-6-5-7-9-13/h5-9,12,16H,3-4,10-11H2,1-2H3,(H,15,17). The molecule has 1 rings (SSSR count). The molecule has 0 aliphatic heterocycles. The average molecular weight is 298 g/mol. The van der Waals surface area contributed by atoms with E-state index >= 15 is 0 Å². The fourth-order valence-corrected chi connectivity index (χ4v) is 2.74. The number of hydrogen-bond donors (Lipinski definition) is 2. The molecule has 0 spiro atoms. The van der Waals surface area contributed by atoms with Gasteiger partial charge in [-0.2, -0.15) is 0 Å². The van der Waals surface area contributed by atoms with Gasteiger partial charge in [0, 0.05) is 6.54 Å². The highest BCUT2D eigenvalue weighted by Crippen LogP contribution is 2.07. The summed E-state index contributed by atoms with van der Waals surface area (Å²) in [4.78, 5) is 11.8. The minimum atomic E-state index is -3.62. The Morgan fingerprint density at radius 3 is 2.30 bits per heavy atom. The molecule has 0 saturated heterocycles. The van der Waals surface area contributed by atoms with Gasteiger partial charge >= 0.3 is 0 Å². The zero-order valence-corrected chi connectivity index (χ0v) is 12.7. The molecular weight excluding hydrogens is 276 g/mol. The molecule has 1 amide bonds. The summed E-state index contributed by atoms with van der Waals surface area (Å²) in [5.74, 6) is 0.126. The van der Waals surface area contributed by atoms with Gasteiger partial charge in [-0.25, -0.2) is 13.1 Å². The van der Waals surface area contributed by atoms with Crippen LogP contribution in [0.3, 0.4) is 0 Å². The highest BCUT2D eigenvalue weighted by molar-refractivity contribution is 7.89. The van der Waals surface area contributed by atoms with Crippen LogP contribution in [0.4, 0.5) is 0 Å². The largest absolute Gasteiger partial charge is 0.355 e. The molecule has 20 heavy (non-hydrogen) atoms. The Morgan fingerprint density at radius 2 is 1.75 bits per heavy atom. The van der Waals surface area contributed by atoms with Crippen LogP contribution in [0.2, 0.25) is 0 Å². The second-order valence-corrected chi connectivity index (χ2v) is 6.39. The lowest BCUT2D eigenvalue weighted by Crippen LogP contribution is -2.38. The quantitative estimate of drug-likeness (QED) is 0.764. The fourth-order valence-electron chi connectivity index (χ4n) is 1.74. The van der Waals surface area contributed by atoms with Gasteiger partial charge in [0.25, 0.3) is 0 Å². The van der Waals surface area contributed by atoms with Crippen LogP contribution in [-0.4, -0.2) is 27.4 Å². The maximum Gasteiger partial charge on any atom is 0.241 e. The predicted octanol–water partition coefficient (Wildman–Crippen LogP) is 1.52. The van der Waals surface area contributed by atoms with Crippen molar-refractivity contribution in [3.8, 4) is 0 Å². The molecule has 0 fully saturated rings. The molecule has 0 saturated carbocycles. The Bertz CT molecular complexity index is 510. The van der Waals surface area contributed by atoms with Gasteiger partial charge in [0.1, 0.15) is 0 Å². The third-order valence-electron chi connectivity index (χ3n) is 3.22. The van der Waals surface area contributed by atoms with Crippen LogP contribution >= 0.6 is 0 Å². The third kappa shape index (κ3) is 5.30.